The molecule has 0 aromatic heterocycles. The Labute approximate surface area is 121 Å². The maximum atomic E-state index is 11.9. The first kappa shape index (κ1) is 13.4. The molecule has 0 bridgehead atoms. The molecule has 7 nitrogen and oxygen atoms in total. The van der Waals surface area contributed by atoms with Gasteiger partial charge in [-0.25, -0.2) is 4.79 Å². The number of oxime groups is 2. The summed E-state index contributed by atoms with van der Waals surface area (Å²) in [4.78, 5) is 21.9. The second-order valence-corrected chi connectivity index (χ2v) is 5.02. The van der Waals surface area contributed by atoms with Crippen LogP contribution in [0.5, 0.6) is 11.5 Å². The van der Waals surface area contributed by atoms with Crippen molar-refractivity contribution in [3.05, 3.63) is 23.8 Å². The highest BCUT2D eigenvalue weighted by Crippen LogP contribution is 2.34. The topological polar surface area (TPSA) is 78.7 Å². The predicted molar refractivity (Wildman–Crippen MR) is 73.5 cm³/mol. The zero-order valence-corrected chi connectivity index (χ0v) is 11.7. The molecule has 0 amide bonds. The van der Waals surface area contributed by atoms with E-state index < -0.39 is 11.6 Å². The van der Waals surface area contributed by atoms with Crippen LogP contribution in [0.4, 0.5) is 0 Å². The van der Waals surface area contributed by atoms with E-state index in [2.05, 4.69) is 10.3 Å². The molecule has 0 aliphatic carbocycles. The normalized spacial score (nSPS) is 23.0. The number of ether oxygens (including phenoxy) is 2. The monoisotopic (exact) mass is 290 g/mol. The van der Waals surface area contributed by atoms with Crippen LogP contribution in [0.15, 0.2) is 28.5 Å². The van der Waals surface area contributed by atoms with Gasteiger partial charge in [0.1, 0.15) is 0 Å². The molecule has 2 heterocycles. The van der Waals surface area contributed by atoms with Crippen molar-refractivity contribution in [3.8, 4) is 11.5 Å². The fourth-order valence-electron chi connectivity index (χ4n) is 2.12. The molecule has 21 heavy (non-hydrogen) atoms. The van der Waals surface area contributed by atoms with Gasteiger partial charge in [0.2, 0.25) is 12.4 Å². The molecule has 0 saturated carbocycles. The number of carbonyl (C=O) groups excluding carboxylic acids is 1. The van der Waals surface area contributed by atoms with Crippen molar-refractivity contribution < 1.29 is 23.9 Å². The van der Waals surface area contributed by atoms with Gasteiger partial charge >= 0.3 is 5.97 Å². The molecule has 110 valence electrons. The summed E-state index contributed by atoms with van der Waals surface area (Å²) in [6.45, 7) is 3.57. The lowest BCUT2D eigenvalue weighted by Gasteiger charge is -2.16. The number of benzene rings is 1. The Hall–Kier alpha value is -2.57. The van der Waals surface area contributed by atoms with Gasteiger partial charge in [-0.1, -0.05) is 16.4 Å². The maximum Gasteiger partial charge on any atom is 0.381 e. The highest BCUT2D eigenvalue weighted by atomic mass is 16.7. The Morgan fingerprint density at radius 3 is 3.10 bits per heavy atom. The fraction of sp³-hybridized carbons (Fsp3) is 0.357. The third kappa shape index (κ3) is 2.54. The molecule has 7 heteroatoms. The Morgan fingerprint density at radius 2 is 2.33 bits per heavy atom. The molecule has 0 fully saturated rings. The Kier molecular flexibility index (Phi) is 3.25. The smallest absolute Gasteiger partial charge is 0.381 e. The molecule has 1 unspecified atom stereocenters. The molecule has 2 aliphatic rings. The number of fused-ring (bicyclic) bond motifs is 1. The van der Waals surface area contributed by atoms with Gasteiger partial charge in [0, 0.05) is 12.0 Å². The summed E-state index contributed by atoms with van der Waals surface area (Å²) in [6, 6.07) is 5.38. The third-order valence-corrected chi connectivity index (χ3v) is 3.18. The average molecular weight is 290 g/mol. The van der Waals surface area contributed by atoms with Gasteiger partial charge in [0.05, 0.1) is 11.9 Å². The first-order valence-electron chi connectivity index (χ1n) is 6.43. The van der Waals surface area contributed by atoms with Crippen LogP contribution in [0.25, 0.3) is 0 Å². The lowest BCUT2D eigenvalue weighted by atomic mass is 10.0. The summed E-state index contributed by atoms with van der Waals surface area (Å²) in [7, 11) is 0. The summed E-state index contributed by atoms with van der Waals surface area (Å²) in [5.74, 6) is 0.629. The molecule has 2 aliphatic heterocycles. The molecular formula is C14H14N2O5. The predicted octanol–water partition coefficient (Wildman–Crippen LogP) is 1.85. The van der Waals surface area contributed by atoms with Crippen LogP contribution in [-0.4, -0.2) is 30.3 Å². The largest absolute Gasteiger partial charge is 0.454 e. The molecule has 1 aromatic rings. The number of rotatable bonds is 3. The van der Waals surface area contributed by atoms with E-state index in [1.165, 1.54) is 6.21 Å². The molecule has 3 rings (SSSR count). The summed E-state index contributed by atoms with van der Waals surface area (Å²) in [5.41, 5.74) is 0.298. The zero-order chi connectivity index (χ0) is 14.9. The van der Waals surface area contributed by atoms with Crippen LogP contribution in [0.3, 0.4) is 0 Å². The van der Waals surface area contributed by atoms with Gasteiger partial charge in [-0.2, -0.15) is 0 Å². The van der Waals surface area contributed by atoms with Gasteiger partial charge in [0.15, 0.2) is 11.5 Å². The van der Waals surface area contributed by atoms with Crippen molar-refractivity contribution >= 4 is 17.9 Å². The van der Waals surface area contributed by atoms with Crippen LogP contribution in [0, 0.1) is 0 Å². The first-order chi connectivity index (χ1) is 10.1. The summed E-state index contributed by atoms with van der Waals surface area (Å²) in [6.07, 6.45) is 1.79. The molecule has 0 spiro atoms. The summed E-state index contributed by atoms with van der Waals surface area (Å²) in [5, 5.41) is 7.44. The summed E-state index contributed by atoms with van der Waals surface area (Å²) < 4.78 is 10.6. The zero-order valence-electron chi connectivity index (χ0n) is 11.7. The van der Waals surface area contributed by atoms with E-state index in [0.717, 1.165) is 5.71 Å². The molecule has 0 saturated heterocycles. The number of hydrogen-bond donors (Lipinski definition) is 0. The van der Waals surface area contributed by atoms with E-state index in [1.807, 2.05) is 0 Å². The fourth-order valence-corrected chi connectivity index (χ4v) is 2.12. The van der Waals surface area contributed by atoms with E-state index in [-0.39, 0.29) is 6.79 Å². The minimum Gasteiger partial charge on any atom is -0.454 e. The molecular weight excluding hydrogens is 276 g/mol. The van der Waals surface area contributed by atoms with E-state index >= 15 is 0 Å². The maximum absolute atomic E-state index is 11.9. The molecule has 1 aromatic carbocycles. The van der Waals surface area contributed by atoms with E-state index in [0.29, 0.717) is 23.5 Å². The Morgan fingerprint density at radius 1 is 1.48 bits per heavy atom. The van der Waals surface area contributed by atoms with Crippen molar-refractivity contribution in [1.29, 1.82) is 0 Å². The Balaban J connectivity index is 1.66. The van der Waals surface area contributed by atoms with Crippen molar-refractivity contribution in [2.45, 2.75) is 25.9 Å². The standard InChI is InChI=1S/C14H14N2O5/c1-9-6-14(2,21-16-9)13(17)20-15-7-10-4-3-5-11-12(10)19-8-18-11/h3-5,7H,6,8H2,1-2H3/b15-7+. The van der Waals surface area contributed by atoms with Gasteiger partial charge in [-0.3, -0.25) is 0 Å². The Bertz CT molecular complexity index is 640. The van der Waals surface area contributed by atoms with Crippen LogP contribution >= 0.6 is 0 Å². The number of nitrogens with zero attached hydrogens (tertiary/aromatic N) is 2. The number of hydrogen-bond acceptors (Lipinski definition) is 7. The van der Waals surface area contributed by atoms with Crippen molar-refractivity contribution in [2.24, 2.45) is 10.3 Å². The molecule has 0 radical (unpaired) electrons. The van der Waals surface area contributed by atoms with Crippen molar-refractivity contribution in [3.63, 3.8) is 0 Å². The van der Waals surface area contributed by atoms with E-state index in [1.54, 1.807) is 32.0 Å². The SMILES string of the molecule is CC1=NOC(C)(C(=O)O/N=C/c2cccc3c2OCO3)C1. The molecule has 0 N–H and O–H groups in total. The van der Waals surface area contributed by atoms with Crippen LogP contribution in [-0.2, 0) is 14.5 Å². The quantitative estimate of drug-likeness (QED) is 0.482. The average Bonchev–Trinajstić information content (AvgIpc) is 3.06. The second kappa shape index (κ2) is 5.08. The van der Waals surface area contributed by atoms with E-state index in [9.17, 15) is 4.79 Å². The minimum atomic E-state index is -1.11. The van der Waals surface area contributed by atoms with Gasteiger partial charge in [-0.15, -0.1) is 0 Å². The minimum absolute atomic E-state index is 0.169. The lowest BCUT2D eigenvalue weighted by molar-refractivity contribution is -0.167. The van der Waals surface area contributed by atoms with Crippen LogP contribution in [0.2, 0.25) is 0 Å². The highest BCUT2D eigenvalue weighted by Gasteiger charge is 2.42. The van der Waals surface area contributed by atoms with Gasteiger partial charge < -0.3 is 19.1 Å². The number of carbonyl (C=O) groups is 1. The first-order valence-corrected chi connectivity index (χ1v) is 6.43. The molecule has 1 atom stereocenters. The van der Waals surface area contributed by atoms with Crippen LogP contribution < -0.4 is 9.47 Å². The number of para-hydroxylation sites is 1. The third-order valence-electron chi connectivity index (χ3n) is 3.18. The highest BCUT2D eigenvalue weighted by molar-refractivity contribution is 5.92. The summed E-state index contributed by atoms with van der Waals surface area (Å²) >= 11 is 0. The van der Waals surface area contributed by atoms with Crippen LogP contribution in [0.1, 0.15) is 25.8 Å². The van der Waals surface area contributed by atoms with Gasteiger partial charge in [-0.05, 0) is 26.0 Å². The van der Waals surface area contributed by atoms with Crippen molar-refractivity contribution in [1.82, 2.24) is 0 Å². The van der Waals surface area contributed by atoms with Crippen molar-refractivity contribution in [2.75, 3.05) is 6.79 Å². The lowest BCUT2D eigenvalue weighted by Crippen LogP contribution is -2.36. The van der Waals surface area contributed by atoms with E-state index in [4.69, 9.17) is 19.1 Å². The second-order valence-electron chi connectivity index (χ2n) is 5.02. The van der Waals surface area contributed by atoms with Gasteiger partial charge in [0.25, 0.3) is 0 Å².